The molecule has 0 bridgehead atoms. The van der Waals surface area contributed by atoms with Gasteiger partial charge in [-0.05, 0) is 43.0 Å². The van der Waals surface area contributed by atoms with Gasteiger partial charge >= 0.3 is 5.97 Å². The third-order valence-electron chi connectivity index (χ3n) is 4.45. The summed E-state index contributed by atoms with van der Waals surface area (Å²) in [7, 11) is 1.69. The SMILES string of the molecule is Cc1oc(CN(C)C(=O)C2CC2c2ccc(Cl)c(Cl)c2)cc1C(=O)O. The predicted octanol–water partition coefficient (Wildman–Crippen LogP) is 4.36. The molecule has 132 valence electrons. The average molecular weight is 382 g/mol. The number of aryl methyl sites for hydroxylation is 1. The molecule has 1 fully saturated rings. The quantitative estimate of drug-likeness (QED) is 0.835. The van der Waals surface area contributed by atoms with Gasteiger partial charge in [0.15, 0.2) is 0 Å². The second-order valence-corrected chi connectivity index (χ2v) is 7.12. The molecule has 0 spiro atoms. The number of aromatic carboxylic acids is 1. The van der Waals surface area contributed by atoms with Gasteiger partial charge in [-0.3, -0.25) is 4.79 Å². The molecule has 1 heterocycles. The number of nitrogens with zero attached hydrogens (tertiary/aromatic N) is 1. The molecule has 7 heteroatoms. The second kappa shape index (κ2) is 6.73. The van der Waals surface area contributed by atoms with Crippen LogP contribution < -0.4 is 0 Å². The number of rotatable bonds is 5. The van der Waals surface area contributed by atoms with Gasteiger partial charge in [0.2, 0.25) is 5.91 Å². The van der Waals surface area contributed by atoms with Gasteiger partial charge in [-0.2, -0.15) is 0 Å². The van der Waals surface area contributed by atoms with Gasteiger partial charge < -0.3 is 14.4 Å². The van der Waals surface area contributed by atoms with Gasteiger partial charge in [-0.15, -0.1) is 0 Å². The Kier molecular flexibility index (Phi) is 4.80. The number of amides is 1. The number of furan rings is 1. The van der Waals surface area contributed by atoms with Gasteiger partial charge in [-0.1, -0.05) is 29.3 Å². The highest BCUT2D eigenvalue weighted by Crippen LogP contribution is 2.49. The molecular formula is C18H17Cl2NO4. The Balaban J connectivity index is 1.64. The van der Waals surface area contributed by atoms with E-state index in [4.69, 9.17) is 32.7 Å². The number of halogens is 2. The molecule has 1 N–H and O–H groups in total. The first-order valence-corrected chi connectivity index (χ1v) is 8.56. The van der Waals surface area contributed by atoms with Gasteiger partial charge in [-0.25, -0.2) is 4.79 Å². The maximum Gasteiger partial charge on any atom is 0.339 e. The minimum absolute atomic E-state index is 0.00185. The van der Waals surface area contributed by atoms with E-state index >= 15 is 0 Å². The van der Waals surface area contributed by atoms with Crippen molar-refractivity contribution in [3.8, 4) is 0 Å². The molecule has 2 aromatic rings. The third kappa shape index (κ3) is 3.67. The van der Waals surface area contributed by atoms with Crippen LogP contribution in [0.3, 0.4) is 0 Å². The zero-order chi connectivity index (χ0) is 18.3. The number of hydrogen-bond donors (Lipinski definition) is 1. The molecule has 0 saturated heterocycles. The Hall–Kier alpha value is -1.98. The van der Waals surface area contributed by atoms with Crippen LogP contribution in [0.1, 0.15) is 39.8 Å². The maximum absolute atomic E-state index is 12.6. The lowest BCUT2D eigenvalue weighted by molar-refractivity contribution is -0.132. The molecule has 1 saturated carbocycles. The molecule has 1 amide bonds. The first-order chi connectivity index (χ1) is 11.8. The molecule has 2 unspecified atom stereocenters. The van der Waals surface area contributed by atoms with Gasteiger partial charge in [0, 0.05) is 13.0 Å². The monoisotopic (exact) mass is 381 g/mol. The Morgan fingerprint density at radius 1 is 1.28 bits per heavy atom. The highest BCUT2D eigenvalue weighted by atomic mass is 35.5. The largest absolute Gasteiger partial charge is 0.478 e. The summed E-state index contributed by atoms with van der Waals surface area (Å²) in [6.45, 7) is 1.83. The molecule has 1 aliphatic carbocycles. The minimum Gasteiger partial charge on any atom is -0.478 e. The molecule has 25 heavy (non-hydrogen) atoms. The van der Waals surface area contributed by atoms with Crippen molar-refractivity contribution in [2.45, 2.75) is 25.8 Å². The summed E-state index contributed by atoms with van der Waals surface area (Å²) < 4.78 is 5.43. The average Bonchev–Trinajstić information content (AvgIpc) is 3.26. The predicted molar refractivity (Wildman–Crippen MR) is 94.2 cm³/mol. The van der Waals surface area contributed by atoms with E-state index in [1.807, 2.05) is 6.07 Å². The van der Waals surface area contributed by atoms with Crippen LogP contribution in [0.4, 0.5) is 0 Å². The van der Waals surface area contributed by atoms with Crippen molar-refractivity contribution in [2.24, 2.45) is 5.92 Å². The molecule has 2 atom stereocenters. The van der Waals surface area contributed by atoms with Crippen molar-refractivity contribution >= 4 is 35.1 Å². The topological polar surface area (TPSA) is 70.8 Å². The molecule has 1 aromatic carbocycles. The maximum atomic E-state index is 12.6. The second-order valence-electron chi connectivity index (χ2n) is 6.30. The van der Waals surface area contributed by atoms with E-state index in [0.717, 1.165) is 12.0 Å². The molecule has 1 aromatic heterocycles. The first kappa shape index (κ1) is 17.8. The third-order valence-corrected chi connectivity index (χ3v) is 5.19. The fourth-order valence-electron chi connectivity index (χ4n) is 3.01. The van der Waals surface area contributed by atoms with Crippen LogP contribution >= 0.6 is 23.2 Å². The van der Waals surface area contributed by atoms with Crippen molar-refractivity contribution in [3.63, 3.8) is 0 Å². The Morgan fingerprint density at radius 3 is 2.60 bits per heavy atom. The van der Waals surface area contributed by atoms with Crippen LogP contribution in [-0.2, 0) is 11.3 Å². The van der Waals surface area contributed by atoms with Crippen molar-refractivity contribution in [2.75, 3.05) is 7.05 Å². The normalized spacial score (nSPS) is 18.9. The standard InChI is InChI=1S/C18H17Cl2NO4/c1-9-12(18(23)24)6-11(25-9)8-21(2)17(22)14-7-13(14)10-3-4-15(19)16(20)5-10/h3-6,13-14H,7-8H2,1-2H3,(H,23,24). The number of hydrogen-bond acceptors (Lipinski definition) is 3. The molecule has 0 radical (unpaired) electrons. The Labute approximate surface area is 155 Å². The van der Waals surface area contributed by atoms with Crippen LogP contribution in [0.2, 0.25) is 10.0 Å². The van der Waals surface area contributed by atoms with Crippen molar-refractivity contribution in [1.29, 1.82) is 0 Å². The number of carbonyl (C=O) groups is 2. The molecule has 0 aliphatic heterocycles. The fraction of sp³-hybridized carbons (Fsp3) is 0.333. The summed E-state index contributed by atoms with van der Waals surface area (Å²) in [5.41, 5.74) is 1.12. The van der Waals surface area contributed by atoms with E-state index in [9.17, 15) is 9.59 Å². The van der Waals surface area contributed by atoms with Crippen LogP contribution in [0.15, 0.2) is 28.7 Å². The number of carboxylic acid groups (broad SMARTS) is 1. The summed E-state index contributed by atoms with van der Waals surface area (Å²) in [5.74, 6) is -0.207. The van der Waals surface area contributed by atoms with Crippen LogP contribution in [0.25, 0.3) is 0 Å². The van der Waals surface area contributed by atoms with Crippen LogP contribution in [-0.4, -0.2) is 28.9 Å². The minimum atomic E-state index is -1.04. The Morgan fingerprint density at radius 2 is 2.00 bits per heavy atom. The number of carbonyl (C=O) groups excluding carboxylic acids is 1. The Bertz CT molecular complexity index is 846. The lowest BCUT2D eigenvalue weighted by Crippen LogP contribution is -2.27. The molecule has 3 rings (SSSR count). The van der Waals surface area contributed by atoms with E-state index in [2.05, 4.69) is 0 Å². The van der Waals surface area contributed by atoms with E-state index in [1.54, 1.807) is 31.0 Å². The summed E-state index contributed by atoms with van der Waals surface area (Å²) in [6.07, 6.45) is 0.763. The summed E-state index contributed by atoms with van der Waals surface area (Å²) in [6, 6.07) is 6.89. The van der Waals surface area contributed by atoms with Crippen LogP contribution in [0, 0.1) is 12.8 Å². The van der Waals surface area contributed by atoms with E-state index < -0.39 is 5.97 Å². The number of carboxylic acids is 1. The fourth-order valence-corrected chi connectivity index (χ4v) is 3.31. The van der Waals surface area contributed by atoms with Gasteiger partial charge in [0.05, 0.1) is 16.6 Å². The van der Waals surface area contributed by atoms with E-state index in [0.29, 0.717) is 21.6 Å². The molecule has 1 aliphatic rings. The molecular weight excluding hydrogens is 365 g/mol. The van der Waals surface area contributed by atoms with Gasteiger partial charge in [0.25, 0.3) is 0 Å². The summed E-state index contributed by atoms with van der Waals surface area (Å²) in [5, 5.41) is 10.0. The lowest BCUT2D eigenvalue weighted by atomic mass is 10.1. The van der Waals surface area contributed by atoms with Gasteiger partial charge in [0.1, 0.15) is 17.1 Å². The van der Waals surface area contributed by atoms with Crippen LogP contribution in [0.5, 0.6) is 0 Å². The summed E-state index contributed by atoms with van der Waals surface area (Å²) in [4.78, 5) is 25.2. The molecule has 5 nitrogen and oxygen atoms in total. The summed E-state index contributed by atoms with van der Waals surface area (Å²) >= 11 is 12.0. The van der Waals surface area contributed by atoms with Crippen molar-refractivity contribution in [1.82, 2.24) is 4.90 Å². The lowest BCUT2D eigenvalue weighted by Gasteiger charge is -2.15. The van der Waals surface area contributed by atoms with Crippen molar-refractivity contribution in [3.05, 3.63) is 57.0 Å². The number of benzene rings is 1. The zero-order valence-corrected chi connectivity index (χ0v) is 15.3. The first-order valence-electron chi connectivity index (χ1n) is 7.80. The van der Waals surface area contributed by atoms with E-state index in [1.165, 1.54) is 6.07 Å². The smallest absolute Gasteiger partial charge is 0.339 e. The zero-order valence-electron chi connectivity index (χ0n) is 13.8. The highest BCUT2D eigenvalue weighted by Gasteiger charge is 2.45. The van der Waals surface area contributed by atoms with E-state index in [-0.39, 0.29) is 29.9 Å². The van der Waals surface area contributed by atoms with Crippen molar-refractivity contribution < 1.29 is 19.1 Å². The highest BCUT2D eigenvalue weighted by molar-refractivity contribution is 6.42.